The van der Waals surface area contributed by atoms with E-state index in [1.807, 2.05) is 27.7 Å². The fourth-order valence-electron chi connectivity index (χ4n) is 3.96. The second-order valence-corrected chi connectivity index (χ2v) is 8.78. The summed E-state index contributed by atoms with van der Waals surface area (Å²) >= 11 is 0. The average Bonchev–Trinajstić information content (AvgIpc) is 2.73. The zero-order chi connectivity index (χ0) is 22.4. The zero-order valence-corrected chi connectivity index (χ0v) is 20.5. The highest BCUT2D eigenvalue weighted by atomic mass is 14.4. The van der Waals surface area contributed by atoms with Crippen molar-refractivity contribution in [3.05, 3.63) is 12.2 Å². The van der Waals surface area contributed by atoms with Crippen LogP contribution in [0.4, 0.5) is 0 Å². The molecule has 2 nitrogen and oxygen atoms in total. The minimum Gasteiger partial charge on any atom is -0.198 e. The summed E-state index contributed by atoms with van der Waals surface area (Å²) in [6.45, 7) is 22.9. The standard InChI is InChI=1S/C11H19N.C11H17N.2C2H6.CH4/c2*1-9(2)11(8-12)6-4-10(3)5-7-11;2*1-2;/h9-10H,4-7H2,1-3H3;9H,3-7H2,1-2H3;2*1-2H3;1H4. The van der Waals surface area contributed by atoms with Crippen LogP contribution in [0.5, 0.6) is 0 Å². The van der Waals surface area contributed by atoms with Gasteiger partial charge in [-0.15, -0.1) is 0 Å². The topological polar surface area (TPSA) is 47.6 Å². The third-order valence-electron chi connectivity index (χ3n) is 6.67. The van der Waals surface area contributed by atoms with Crippen LogP contribution >= 0.6 is 0 Å². The third-order valence-corrected chi connectivity index (χ3v) is 6.67. The van der Waals surface area contributed by atoms with E-state index in [0.29, 0.717) is 11.8 Å². The predicted octanol–water partition coefficient (Wildman–Crippen LogP) is 9.33. The number of hydrogen-bond acceptors (Lipinski definition) is 2. The molecule has 0 N–H and O–H groups in total. The van der Waals surface area contributed by atoms with Crippen LogP contribution in [0, 0.1) is 51.2 Å². The Morgan fingerprint density at radius 1 is 0.793 bits per heavy atom. The second-order valence-electron chi connectivity index (χ2n) is 8.78. The number of hydrogen-bond donors (Lipinski definition) is 0. The Hall–Kier alpha value is -1.28. The summed E-state index contributed by atoms with van der Waals surface area (Å²) in [6.07, 6.45) is 8.83. The van der Waals surface area contributed by atoms with Gasteiger partial charge in [-0.05, 0) is 69.1 Å². The van der Waals surface area contributed by atoms with Crippen LogP contribution in [0.2, 0.25) is 0 Å². The van der Waals surface area contributed by atoms with Crippen LogP contribution in [0.15, 0.2) is 12.2 Å². The van der Waals surface area contributed by atoms with Gasteiger partial charge in [0.25, 0.3) is 0 Å². The van der Waals surface area contributed by atoms with E-state index in [2.05, 4.69) is 53.3 Å². The molecule has 2 saturated carbocycles. The van der Waals surface area contributed by atoms with Gasteiger partial charge in [0.1, 0.15) is 0 Å². The van der Waals surface area contributed by atoms with E-state index in [1.54, 1.807) is 0 Å². The van der Waals surface area contributed by atoms with Crippen molar-refractivity contribution in [3.8, 4) is 12.1 Å². The lowest BCUT2D eigenvalue weighted by Gasteiger charge is -2.36. The lowest BCUT2D eigenvalue weighted by molar-refractivity contribution is 0.159. The SMILES string of the molecule is C.C=C1CCC(C#N)(C(C)C)CC1.CC.CC.CC1CCC(C#N)(C(C)C)CC1. The Balaban J connectivity index is -0.000000386. The molecule has 0 aliphatic heterocycles. The van der Waals surface area contributed by atoms with E-state index in [-0.39, 0.29) is 18.3 Å². The Bertz CT molecular complexity index is 484. The van der Waals surface area contributed by atoms with E-state index >= 15 is 0 Å². The number of allylic oxidation sites excluding steroid dienone is 1. The minimum atomic E-state index is -0.0544. The Labute approximate surface area is 184 Å². The first-order valence-corrected chi connectivity index (χ1v) is 11.7. The second kappa shape index (κ2) is 16.5. The molecule has 0 radical (unpaired) electrons. The lowest BCUT2D eigenvalue weighted by Crippen LogP contribution is -2.30. The van der Waals surface area contributed by atoms with Crippen molar-refractivity contribution in [2.24, 2.45) is 28.6 Å². The van der Waals surface area contributed by atoms with Crippen LogP contribution < -0.4 is 0 Å². The smallest absolute Gasteiger partial charge is 0.0692 e. The molecule has 170 valence electrons. The highest BCUT2D eigenvalue weighted by Crippen LogP contribution is 2.44. The van der Waals surface area contributed by atoms with Crippen molar-refractivity contribution in [3.63, 3.8) is 0 Å². The predicted molar refractivity (Wildman–Crippen MR) is 130 cm³/mol. The van der Waals surface area contributed by atoms with Gasteiger partial charge in [-0.2, -0.15) is 10.5 Å². The monoisotopic (exact) mass is 404 g/mol. The molecule has 2 fully saturated rings. The quantitative estimate of drug-likeness (QED) is 0.430. The summed E-state index contributed by atoms with van der Waals surface area (Å²) in [4.78, 5) is 0. The molecule has 2 aliphatic rings. The van der Waals surface area contributed by atoms with Gasteiger partial charge in [0.15, 0.2) is 0 Å². The van der Waals surface area contributed by atoms with Gasteiger partial charge in [0.05, 0.1) is 23.0 Å². The van der Waals surface area contributed by atoms with E-state index in [9.17, 15) is 0 Å². The molecule has 0 saturated heterocycles. The summed E-state index contributed by atoms with van der Waals surface area (Å²) in [5.41, 5.74) is 1.27. The van der Waals surface area contributed by atoms with Crippen molar-refractivity contribution in [2.75, 3.05) is 0 Å². The molecule has 2 heteroatoms. The molecule has 29 heavy (non-hydrogen) atoms. The highest BCUT2D eigenvalue weighted by molar-refractivity contribution is 5.11. The number of nitriles is 2. The van der Waals surface area contributed by atoms with Crippen molar-refractivity contribution in [1.29, 1.82) is 10.5 Å². The Morgan fingerprint density at radius 2 is 1.10 bits per heavy atom. The summed E-state index contributed by atoms with van der Waals surface area (Å²) in [5.74, 6) is 1.84. The van der Waals surface area contributed by atoms with Gasteiger partial charge in [-0.3, -0.25) is 0 Å². The van der Waals surface area contributed by atoms with Crippen molar-refractivity contribution in [1.82, 2.24) is 0 Å². The summed E-state index contributed by atoms with van der Waals surface area (Å²) in [5, 5.41) is 18.3. The largest absolute Gasteiger partial charge is 0.198 e. The maximum atomic E-state index is 9.15. The van der Waals surface area contributed by atoms with Gasteiger partial charge in [-0.25, -0.2) is 0 Å². The molecule has 0 aromatic carbocycles. The minimum absolute atomic E-state index is 0. The first-order valence-electron chi connectivity index (χ1n) is 11.7. The first-order chi connectivity index (χ1) is 13.2. The van der Waals surface area contributed by atoms with E-state index in [1.165, 1.54) is 18.4 Å². The van der Waals surface area contributed by atoms with Gasteiger partial charge >= 0.3 is 0 Å². The molecular weight excluding hydrogens is 352 g/mol. The molecule has 0 aromatic rings. The number of rotatable bonds is 2. The molecule has 0 aromatic heterocycles. The van der Waals surface area contributed by atoms with Crippen molar-refractivity contribution >= 4 is 0 Å². The van der Waals surface area contributed by atoms with Crippen LogP contribution in [-0.4, -0.2) is 0 Å². The summed E-state index contributed by atoms with van der Waals surface area (Å²) in [7, 11) is 0. The Kier molecular flexibility index (Phi) is 18.4. The maximum absolute atomic E-state index is 9.15. The Morgan fingerprint density at radius 3 is 1.38 bits per heavy atom. The highest BCUT2D eigenvalue weighted by Gasteiger charge is 2.37. The molecule has 0 heterocycles. The maximum Gasteiger partial charge on any atom is 0.0692 e. The first kappa shape index (κ1) is 32.4. The molecule has 0 amide bonds. The number of nitrogens with zero attached hydrogens (tertiary/aromatic N) is 2. The van der Waals surface area contributed by atoms with Crippen LogP contribution in [0.3, 0.4) is 0 Å². The fraction of sp³-hybridized carbons (Fsp3) is 0.852. The third kappa shape index (κ3) is 9.85. The lowest BCUT2D eigenvalue weighted by atomic mass is 9.66. The van der Waals surface area contributed by atoms with Gasteiger partial charge in [0.2, 0.25) is 0 Å². The zero-order valence-electron chi connectivity index (χ0n) is 20.5. The van der Waals surface area contributed by atoms with Crippen molar-refractivity contribution < 1.29 is 0 Å². The van der Waals surface area contributed by atoms with E-state index in [0.717, 1.165) is 44.4 Å². The summed E-state index contributed by atoms with van der Waals surface area (Å²) < 4.78 is 0. The molecule has 2 rings (SSSR count). The van der Waals surface area contributed by atoms with E-state index < -0.39 is 0 Å². The fourth-order valence-corrected chi connectivity index (χ4v) is 3.96. The molecular formula is C27H52N2. The molecule has 0 bridgehead atoms. The molecule has 2 aliphatic carbocycles. The van der Waals surface area contributed by atoms with Crippen LogP contribution in [0.25, 0.3) is 0 Å². The normalized spacial score (nSPS) is 24.7. The van der Waals surface area contributed by atoms with Gasteiger partial charge in [0, 0.05) is 0 Å². The molecule has 0 unspecified atom stereocenters. The van der Waals surface area contributed by atoms with Crippen LogP contribution in [0.1, 0.15) is 121 Å². The van der Waals surface area contributed by atoms with Gasteiger partial charge in [-0.1, -0.05) is 81.9 Å². The average molecular weight is 405 g/mol. The molecule has 0 atom stereocenters. The van der Waals surface area contributed by atoms with Crippen molar-refractivity contribution in [2.45, 2.75) is 121 Å². The molecule has 0 spiro atoms. The van der Waals surface area contributed by atoms with Crippen LogP contribution in [-0.2, 0) is 0 Å². The summed E-state index contributed by atoms with van der Waals surface area (Å²) in [6, 6.07) is 5.03. The van der Waals surface area contributed by atoms with E-state index in [4.69, 9.17) is 10.5 Å². The van der Waals surface area contributed by atoms with Gasteiger partial charge < -0.3 is 0 Å².